The van der Waals surface area contributed by atoms with Gasteiger partial charge < -0.3 is 10.1 Å². The number of aromatic nitrogens is 2. The fourth-order valence-corrected chi connectivity index (χ4v) is 3.66. The van der Waals surface area contributed by atoms with Gasteiger partial charge in [-0.05, 0) is 44.5 Å². The molecule has 3 aromatic rings. The molecule has 0 bridgehead atoms. The van der Waals surface area contributed by atoms with Crippen molar-refractivity contribution in [3.63, 3.8) is 0 Å². The molecule has 0 atom stereocenters. The number of anilines is 2. The Morgan fingerprint density at radius 3 is 2.64 bits per heavy atom. The van der Waals surface area contributed by atoms with E-state index >= 15 is 0 Å². The molecule has 0 aliphatic heterocycles. The Labute approximate surface area is 138 Å². The minimum Gasteiger partial charge on any atom is -0.495 e. The lowest BCUT2D eigenvalue weighted by Gasteiger charge is -2.10. The first-order valence-electron chi connectivity index (χ1n) is 6.84. The zero-order valence-corrected chi connectivity index (χ0v) is 14.4. The van der Waals surface area contributed by atoms with Crippen molar-refractivity contribution in [3.8, 4) is 5.75 Å². The molecule has 4 nitrogen and oxygen atoms in total. The van der Waals surface area contributed by atoms with E-state index in [-0.39, 0.29) is 0 Å². The summed E-state index contributed by atoms with van der Waals surface area (Å²) in [5.74, 6) is 2.21. The van der Waals surface area contributed by atoms with Crippen LogP contribution in [0.4, 0.5) is 11.5 Å². The SMILES string of the molecule is COc1ccc(Nc2nc(C)nc3sc(C)c(C)c23)cc1Cl. The van der Waals surface area contributed by atoms with E-state index in [1.807, 2.05) is 25.1 Å². The lowest BCUT2D eigenvalue weighted by atomic mass is 10.2. The number of rotatable bonds is 3. The van der Waals surface area contributed by atoms with Gasteiger partial charge in [-0.25, -0.2) is 9.97 Å². The van der Waals surface area contributed by atoms with Crippen molar-refractivity contribution in [1.82, 2.24) is 9.97 Å². The van der Waals surface area contributed by atoms with Gasteiger partial charge in [0.2, 0.25) is 0 Å². The summed E-state index contributed by atoms with van der Waals surface area (Å²) in [6.45, 7) is 6.10. The van der Waals surface area contributed by atoms with Crippen molar-refractivity contribution in [2.75, 3.05) is 12.4 Å². The van der Waals surface area contributed by atoms with E-state index < -0.39 is 0 Å². The van der Waals surface area contributed by atoms with Gasteiger partial charge in [0.05, 0.1) is 17.5 Å². The molecule has 2 heterocycles. The molecule has 0 aliphatic carbocycles. The van der Waals surface area contributed by atoms with Crippen LogP contribution in [0.25, 0.3) is 10.2 Å². The van der Waals surface area contributed by atoms with Crippen molar-refractivity contribution in [3.05, 3.63) is 39.5 Å². The Kier molecular flexibility index (Phi) is 3.93. The molecule has 6 heteroatoms. The highest BCUT2D eigenvalue weighted by Crippen LogP contribution is 2.35. The molecular formula is C16H16ClN3OS. The zero-order chi connectivity index (χ0) is 15.9. The number of ether oxygens (including phenoxy) is 1. The largest absolute Gasteiger partial charge is 0.495 e. The van der Waals surface area contributed by atoms with Gasteiger partial charge in [-0.2, -0.15) is 0 Å². The van der Waals surface area contributed by atoms with Gasteiger partial charge >= 0.3 is 0 Å². The van der Waals surface area contributed by atoms with Gasteiger partial charge in [0.25, 0.3) is 0 Å². The number of methoxy groups -OCH3 is 1. The fourth-order valence-electron chi connectivity index (χ4n) is 2.33. The first kappa shape index (κ1) is 15.1. The number of hydrogen-bond donors (Lipinski definition) is 1. The van der Waals surface area contributed by atoms with Gasteiger partial charge in [0, 0.05) is 10.6 Å². The van der Waals surface area contributed by atoms with Gasteiger partial charge in [-0.3, -0.25) is 0 Å². The third-order valence-electron chi connectivity index (χ3n) is 3.56. The van der Waals surface area contributed by atoms with Gasteiger partial charge in [0.15, 0.2) is 0 Å². The number of benzene rings is 1. The Hall–Kier alpha value is -1.85. The van der Waals surface area contributed by atoms with Crippen molar-refractivity contribution < 1.29 is 4.74 Å². The van der Waals surface area contributed by atoms with E-state index in [9.17, 15) is 0 Å². The monoisotopic (exact) mass is 333 g/mol. The summed E-state index contributed by atoms with van der Waals surface area (Å²) in [4.78, 5) is 11.3. The van der Waals surface area contributed by atoms with Crippen LogP contribution in [0.5, 0.6) is 5.75 Å². The average molecular weight is 334 g/mol. The Balaban J connectivity index is 2.08. The second-order valence-corrected chi connectivity index (χ2v) is 6.67. The number of fused-ring (bicyclic) bond motifs is 1. The number of halogens is 1. The fraction of sp³-hybridized carbons (Fsp3) is 0.250. The third-order valence-corrected chi connectivity index (χ3v) is 4.95. The molecule has 0 saturated heterocycles. The van der Waals surface area contributed by atoms with E-state index in [1.54, 1.807) is 18.4 Å². The Bertz CT molecular complexity index is 860. The van der Waals surface area contributed by atoms with E-state index in [1.165, 1.54) is 10.4 Å². The molecule has 0 spiro atoms. The maximum atomic E-state index is 6.18. The summed E-state index contributed by atoms with van der Waals surface area (Å²) < 4.78 is 5.18. The topological polar surface area (TPSA) is 47.0 Å². The normalized spacial score (nSPS) is 11.0. The van der Waals surface area contributed by atoms with Crippen LogP contribution in [0.3, 0.4) is 0 Å². The quantitative estimate of drug-likeness (QED) is 0.730. The zero-order valence-electron chi connectivity index (χ0n) is 12.8. The highest BCUT2D eigenvalue weighted by molar-refractivity contribution is 7.18. The van der Waals surface area contributed by atoms with Crippen LogP contribution in [-0.2, 0) is 0 Å². The van der Waals surface area contributed by atoms with E-state index in [0.29, 0.717) is 10.8 Å². The minimum absolute atomic E-state index is 0.563. The third kappa shape index (κ3) is 2.62. The summed E-state index contributed by atoms with van der Waals surface area (Å²) >= 11 is 7.87. The predicted octanol–water partition coefficient (Wildman–Crippen LogP) is 5.02. The Morgan fingerprint density at radius 2 is 1.95 bits per heavy atom. The maximum Gasteiger partial charge on any atom is 0.143 e. The second kappa shape index (κ2) is 5.74. The molecule has 1 N–H and O–H groups in total. The van der Waals surface area contributed by atoms with Crippen LogP contribution in [0.2, 0.25) is 5.02 Å². The summed E-state index contributed by atoms with van der Waals surface area (Å²) in [6, 6.07) is 5.59. The Morgan fingerprint density at radius 1 is 1.18 bits per heavy atom. The second-order valence-electron chi connectivity index (χ2n) is 5.06. The highest BCUT2D eigenvalue weighted by atomic mass is 35.5. The number of thiophene rings is 1. The lowest BCUT2D eigenvalue weighted by Crippen LogP contribution is -1.98. The summed E-state index contributed by atoms with van der Waals surface area (Å²) in [5, 5.41) is 4.98. The van der Waals surface area contributed by atoms with Gasteiger partial charge in [-0.1, -0.05) is 11.6 Å². The molecule has 2 aromatic heterocycles. The molecule has 0 saturated carbocycles. The number of nitrogens with zero attached hydrogens (tertiary/aromatic N) is 2. The average Bonchev–Trinajstić information content (AvgIpc) is 2.74. The van der Waals surface area contributed by atoms with Crippen molar-refractivity contribution in [2.24, 2.45) is 0 Å². The standard InChI is InChI=1S/C16H16ClN3OS/c1-8-9(2)22-16-14(8)15(18-10(3)19-16)20-11-5-6-13(21-4)12(17)7-11/h5-7H,1-4H3,(H,18,19,20). The predicted molar refractivity (Wildman–Crippen MR) is 92.9 cm³/mol. The first-order valence-corrected chi connectivity index (χ1v) is 8.04. The number of hydrogen-bond acceptors (Lipinski definition) is 5. The molecular weight excluding hydrogens is 318 g/mol. The molecule has 1 aromatic carbocycles. The lowest BCUT2D eigenvalue weighted by molar-refractivity contribution is 0.415. The number of nitrogens with one attached hydrogen (secondary N) is 1. The van der Waals surface area contributed by atoms with Crippen LogP contribution in [0, 0.1) is 20.8 Å². The van der Waals surface area contributed by atoms with Crippen molar-refractivity contribution in [1.29, 1.82) is 0 Å². The van der Waals surface area contributed by atoms with Crippen LogP contribution in [0.1, 0.15) is 16.3 Å². The molecule has 0 radical (unpaired) electrons. The van der Waals surface area contributed by atoms with Crippen LogP contribution >= 0.6 is 22.9 Å². The van der Waals surface area contributed by atoms with Crippen LogP contribution in [0.15, 0.2) is 18.2 Å². The van der Waals surface area contributed by atoms with E-state index in [0.717, 1.165) is 27.5 Å². The van der Waals surface area contributed by atoms with Crippen molar-refractivity contribution >= 4 is 44.7 Å². The minimum atomic E-state index is 0.563. The van der Waals surface area contributed by atoms with Crippen molar-refractivity contribution in [2.45, 2.75) is 20.8 Å². The number of aryl methyl sites for hydroxylation is 3. The van der Waals surface area contributed by atoms with E-state index in [2.05, 4.69) is 29.1 Å². The molecule has 0 unspecified atom stereocenters. The summed E-state index contributed by atoms with van der Waals surface area (Å²) in [7, 11) is 1.60. The maximum absolute atomic E-state index is 6.18. The molecule has 114 valence electrons. The highest BCUT2D eigenvalue weighted by Gasteiger charge is 2.14. The van der Waals surface area contributed by atoms with E-state index in [4.69, 9.17) is 16.3 Å². The molecule has 0 amide bonds. The van der Waals surface area contributed by atoms with Gasteiger partial charge in [-0.15, -0.1) is 11.3 Å². The smallest absolute Gasteiger partial charge is 0.143 e. The summed E-state index contributed by atoms with van der Waals surface area (Å²) in [6.07, 6.45) is 0. The van der Waals surface area contributed by atoms with Crippen LogP contribution < -0.4 is 10.1 Å². The molecule has 22 heavy (non-hydrogen) atoms. The molecule has 0 fully saturated rings. The molecule has 0 aliphatic rings. The van der Waals surface area contributed by atoms with Crippen LogP contribution in [-0.4, -0.2) is 17.1 Å². The van der Waals surface area contributed by atoms with Gasteiger partial charge in [0.1, 0.15) is 22.2 Å². The first-order chi connectivity index (χ1) is 10.5. The molecule has 3 rings (SSSR count). The summed E-state index contributed by atoms with van der Waals surface area (Å²) in [5.41, 5.74) is 2.08.